The molecule has 0 radical (unpaired) electrons. The number of amides is 1. The molecule has 0 spiro atoms. The van der Waals surface area contributed by atoms with E-state index in [0.29, 0.717) is 28.4 Å². The van der Waals surface area contributed by atoms with Crippen molar-refractivity contribution in [3.63, 3.8) is 0 Å². The number of anilines is 1. The first-order valence-corrected chi connectivity index (χ1v) is 15.3. The Hall–Kier alpha value is -4.76. The van der Waals surface area contributed by atoms with Gasteiger partial charge in [0, 0.05) is 16.3 Å². The summed E-state index contributed by atoms with van der Waals surface area (Å²) in [5.41, 5.74) is 0.504. The van der Waals surface area contributed by atoms with Crippen molar-refractivity contribution in [2.45, 2.75) is 9.79 Å². The fraction of sp³-hybridized carbons (Fsp3) is 0.103. The monoisotopic (exact) mass is 624 g/mol. The maximum atomic E-state index is 14.0. The summed E-state index contributed by atoms with van der Waals surface area (Å²) in [6.45, 7) is 0. The van der Waals surface area contributed by atoms with E-state index in [4.69, 9.17) is 14.2 Å². The first-order chi connectivity index (χ1) is 20.4. The Bertz CT molecular complexity index is 2030. The van der Waals surface area contributed by atoms with Gasteiger partial charge in [0.05, 0.1) is 27.0 Å². The molecule has 14 heteroatoms. The highest BCUT2D eigenvalue weighted by Gasteiger charge is 2.37. The van der Waals surface area contributed by atoms with Crippen LogP contribution in [0.4, 0.5) is 5.69 Å². The molecule has 1 heterocycles. The van der Waals surface area contributed by atoms with Crippen molar-refractivity contribution in [3.8, 4) is 17.2 Å². The van der Waals surface area contributed by atoms with E-state index in [0.717, 1.165) is 11.0 Å². The summed E-state index contributed by atoms with van der Waals surface area (Å²) >= 11 is 0. The van der Waals surface area contributed by atoms with Gasteiger partial charge in [-0.15, -0.1) is 0 Å². The van der Waals surface area contributed by atoms with Gasteiger partial charge in [-0.05, 0) is 35.9 Å². The Morgan fingerprint density at radius 3 is 1.98 bits per heavy atom. The fourth-order valence-electron chi connectivity index (χ4n) is 4.83. The van der Waals surface area contributed by atoms with Crippen LogP contribution in [0.3, 0.4) is 0 Å². The fourth-order valence-corrected chi connectivity index (χ4v) is 6.41. The van der Waals surface area contributed by atoms with E-state index in [9.17, 15) is 30.7 Å². The average Bonchev–Trinajstić information content (AvgIpc) is 3.30. The molecule has 4 aromatic carbocycles. The van der Waals surface area contributed by atoms with Gasteiger partial charge in [0.2, 0.25) is 5.75 Å². The van der Waals surface area contributed by atoms with Crippen molar-refractivity contribution in [3.05, 3.63) is 89.6 Å². The van der Waals surface area contributed by atoms with E-state index in [2.05, 4.69) is 4.99 Å². The van der Waals surface area contributed by atoms with E-state index < -0.39 is 35.9 Å². The van der Waals surface area contributed by atoms with Crippen molar-refractivity contribution in [2.24, 2.45) is 4.99 Å². The zero-order valence-electron chi connectivity index (χ0n) is 22.9. The van der Waals surface area contributed by atoms with Gasteiger partial charge in [-0.3, -0.25) is 18.8 Å². The summed E-state index contributed by atoms with van der Waals surface area (Å²) in [5, 5.41) is -0.420. The van der Waals surface area contributed by atoms with Gasteiger partial charge in [0.1, 0.15) is 21.3 Å². The third-order valence-electron chi connectivity index (χ3n) is 6.61. The molecule has 1 aliphatic rings. The van der Waals surface area contributed by atoms with E-state index >= 15 is 0 Å². The summed E-state index contributed by atoms with van der Waals surface area (Å²) in [6, 6.07) is 17.6. The largest absolute Gasteiger partial charge is 0.493 e. The van der Waals surface area contributed by atoms with Gasteiger partial charge >= 0.3 is 0 Å². The molecule has 0 aliphatic carbocycles. The molecule has 1 aliphatic heterocycles. The summed E-state index contributed by atoms with van der Waals surface area (Å²) < 4.78 is 85.9. The predicted molar refractivity (Wildman–Crippen MR) is 158 cm³/mol. The summed E-state index contributed by atoms with van der Waals surface area (Å²) in [6.07, 6.45) is 1.44. The molecule has 0 saturated heterocycles. The molecule has 43 heavy (non-hydrogen) atoms. The summed E-state index contributed by atoms with van der Waals surface area (Å²) in [4.78, 5) is 18.2. The molecule has 0 unspecified atom stereocenters. The number of fused-ring (bicyclic) bond motifs is 1. The van der Waals surface area contributed by atoms with Gasteiger partial charge in [-0.25, -0.2) is 4.99 Å². The molecule has 5 rings (SSSR count). The van der Waals surface area contributed by atoms with Crippen LogP contribution in [-0.2, 0) is 25.0 Å². The molecule has 2 N–H and O–H groups in total. The molecule has 0 fully saturated rings. The highest BCUT2D eigenvalue weighted by molar-refractivity contribution is 7.86. The minimum atomic E-state index is -5.08. The van der Waals surface area contributed by atoms with Crippen LogP contribution in [0, 0.1) is 0 Å². The van der Waals surface area contributed by atoms with Crippen LogP contribution in [0.1, 0.15) is 11.1 Å². The van der Waals surface area contributed by atoms with E-state index in [-0.39, 0.29) is 28.0 Å². The number of methoxy groups -OCH3 is 3. The third kappa shape index (κ3) is 5.44. The Balaban J connectivity index is 1.78. The Morgan fingerprint density at radius 1 is 0.767 bits per heavy atom. The normalized spacial score (nSPS) is 14.7. The minimum absolute atomic E-state index is 0.0412. The van der Waals surface area contributed by atoms with E-state index in [1.54, 1.807) is 42.5 Å². The van der Waals surface area contributed by atoms with Crippen molar-refractivity contribution in [1.82, 2.24) is 0 Å². The SMILES string of the molecule is COc1cc(C=C2N=C(c3ccccc3)N(c3ccc4c(S(=O)(=O)O)cccc4c3S(=O)(=O)O)C2=O)cc(OC)c1OC. The van der Waals surface area contributed by atoms with Crippen LogP contribution >= 0.6 is 0 Å². The number of carbonyl (C=O) groups is 1. The first kappa shape index (κ1) is 29.7. The maximum absolute atomic E-state index is 14.0. The maximum Gasteiger partial charge on any atom is 0.297 e. The lowest BCUT2D eigenvalue weighted by molar-refractivity contribution is -0.113. The van der Waals surface area contributed by atoms with Crippen LogP contribution in [0.5, 0.6) is 17.2 Å². The topological polar surface area (TPSA) is 169 Å². The van der Waals surface area contributed by atoms with Crippen molar-refractivity contribution in [2.75, 3.05) is 26.2 Å². The van der Waals surface area contributed by atoms with Crippen LogP contribution < -0.4 is 19.1 Å². The lowest BCUT2D eigenvalue weighted by Gasteiger charge is -2.22. The number of nitrogens with zero attached hydrogens (tertiary/aromatic N) is 2. The van der Waals surface area contributed by atoms with Gasteiger partial charge in [-0.2, -0.15) is 16.8 Å². The summed E-state index contributed by atoms with van der Waals surface area (Å²) in [5.74, 6) is 0.266. The molecule has 1 amide bonds. The number of carbonyl (C=O) groups excluding carboxylic acids is 1. The third-order valence-corrected chi connectivity index (χ3v) is 8.47. The molecule has 222 valence electrons. The summed E-state index contributed by atoms with van der Waals surface area (Å²) in [7, 11) is -5.53. The average molecular weight is 625 g/mol. The molecular formula is C29H24N2O10S2. The standard InChI is InChI=1S/C29H24N2O10S2/c1-39-23-15-17(16-24(40-2)26(23)41-3)14-21-29(32)31(28(30-21)18-8-5-4-6-9-18)22-13-12-19-20(27(22)43(36,37)38)10-7-11-25(19)42(33,34)35/h4-16H,1-3H3,(H,33,34,35)(H,36,37,38). The van der Waals surface area contributed by atoms with Crippen molar-refractivity contribution in [1.29, 1.82) is 0 Å². The van der Waals surface area contributed by atoms with Crippen LogP contribution in [0.15, 0.2) is 93.3 Å². The molecule has 0 saturated carbocycles. The van der Waals surface area contributed by atoms with Gasteiger partial charge in [0.15, 0.2) is 11.5 Å². The minimum Gasteiger partial charge on any atom is -0.493 e. The molecule has 0 aromatic heterocycles. The zero-order valence-corrected chi connectivity index (χ0v) is 24.5. The smallest absolute Gasteiger partial charge is 0.297 e. The quantitative estimate of drug-likeness (QED) is 0.214. The van der Waals surface area contributed by atoms with Crippen molar-refractivity contribution >= 4 is 54.5 Å². The number of hydrogen-bond donors (Lipinski definition) is 2. The van der Waals surface area contributed by atoms with Crippen LogP contribution in [0.25, 0.3) is 16.8 Å². The van der Waals surface area contributed by atoms with E-state index in [1.807, 2.05) is 0 Å². The predicted octanol–water partition coefficient (Wildman–Crippen LogP) is 4.19. The van der Waals surface area contributed by atoms with E-state index in [1.165, 1.54) is 51.7 Å². The number of amidine groups is 1. The molecule has 4 aromatic rings. The highest BCUT2D eigenvalue weighted by atomic mass is 32.2. The molecule has 0 bridgehead atoms. The second kappa shape index (κ2) is 11.1. The van der Waals surface area contributed by atoms with Gasteiger partial charge in [0.25, 0.3) is 26.1 Å². The Kier molecular flexibility index (Phi) is 7.70. The lowest BCUT2D eigenvalue weighted by atomic mass is 10.1. The number of hydrogen-bond acceptors (Lipinski definition) is 9. The zero-order chi connectivity index (χ0) is 31.1. The first-order valence-electron chi connectivity index (χ1n) is 12.4. The number of ether oxygens (including phenoxy) is 3. The Labute approximate surface area is 247 Å². The number of benzene rings is 4. The van der Waals surface area contributed by atoms with Gasteiger partial charge < -0.3 is 14.2 Å². The number of rotatable bonds is 8. The lowest BCUT2D eigenvalue weighted by Crippen LogP contribution is -2.34. The van der Waals surface area contributed by atoms with Crippen molar-refractivity contribution < 1.29 is 44.9 Å². The molecule has 12 nitrogen and oxygen atoms in total. The second-order valence-electron chi connectivity index (χ2n) is 9.15. The highest BCUT2D eigenvalue weighted by Crippen LogP contribution is 2.41. The molecular weight excluding hydrogens is 600 g/mol. The number of aliphatic imine (C=N–C) groups is 1. The van der Waals surface area contributed by atoms with Crippen LogP contribution in [-0.4, -0.2) is 59.0 Å². The van der Waals surface area contributed by atoms with Gasteiger partial charge in [-0.1, -0.05) is 48.5 Å². The Morgan fingerprint density at radius 2 is 1.42 bits per heavy atom. The molecule has 0 atom stereocenters. The second-order valence-corrected chi connectivity index (χ2v) is 11.9. The van der Waals surface area contributed by atoms with Crippen LogP contribution in [0.2, 0.25) is 0 Å².